The number of piperidine rings is 1. The second kappa shape index (κ2) is 10.4. The van der Waals surface area contributed by atoms with Crippen molar-refractivity contribution in [3.8, 4) is 17.5 Å². The highest BCUT2D eigenvalue weighted by atomic mass is 32.2. The van der Waals surface area contributed by atoms with E-state index in [2.05, 4.69) is 26.5 Å². The van der Waals surface area contributed by atoms with E-state index in [4.69, 9.17) is 10.00 Å². The number of nitrogens with one attached hydrogen (secondary N) is 1. The van der Waals surface area contributed by atoms with Crippen LogP contribution in [0.1, 0.15) is 31.7 Å². The molecule has 0 saturated carbocycles. The fourth-order valence-electron chi connectivity index (χ4n) is 3.78. The number of nitriles is 1. The molecule has 1 N–H and O–H groups in total. The topological polar surface area (TPSA) is 96.1 Å². The van der Waals surface area contributed by atoms with Crippen LogP contribution in [0, 0.1) is 11.3 Å². The molecule has 2 heterocycles. The first-order valence-corrected chi connectivity index (χ1v) is 11.8. The van der Waals surface area contributed by atoms with Crippen molar-refractivity contribution < 1.29 is 9.53 Å². The number of ether oxygens (including phenoxy) is 1. The maximum Gasteiger partial charge on any atom is 0.237 e. The summed E-state index contributed by atoms with van der Waals surface area (Å²) in [6, 6.07) is 16.7. The lowest BCUT2D eigenvalue weighted by atomic mass is 10.1. The van der Waals surface area contributed by atoms with Crippen molar-refractivity contribution in [1.29, 1.82) is 5.26 Å². The average Bonchev–Trinajstić information content (AvgIpc) is 3.27. The molecule has 9 heteroatoms. The van der Waals surface area contributed by atoms with Crippen LogP contribution in [0.15, 0.2) is 53.7 Å². The molecule has 170 valence electrons. The Morgan fingerprint density at radius 2 is 1.94 bits per heavy atom. The van der Waals surface area contributed by atoms with E-state index in [1.807, 2.05) is 35.8 Å². The van der Waals surface area contributed by atoms with Crippen molar-refractivity contribution in [2.75, 3.05) is 30.4 Å². The van der Waals surface area contributed by atoms with E-state index in [1.165, 1.54) is 18.2 Å². The number of para-hydroxylation sites is 2. The fraction of sp³-hybridized carbons (Fsp3) is 0.333. The molecule has 1 amide bonds. The summed E-state index contributed by atoms with van der Waals surface area (Å²) in [4.78, 5) is 15.1. The van der Waals surface area contributed by atoms with E-state index in [-0.39, 0.29) is 5.91 Å². The van der Waals surface area contributed by atoms with Crippen LogP contribution in [0.25, 0.3) is 5.69 Å². The number of thioether (sulfide) groups is 1. The number of benzene rings is 2. The zero-order valence-electron chi connectivity index (χ0n) is 18.7. The molecule has 1 fully saturated rings. The predicted octanol–water partition coefficient (Wildman–Crippen LogP) is 4.26. The van der Waals surface area contributed by atoms with E-state index in [0.717, 1.165) is 37.6 Å². The van der Waals surface area contributed by atoms with Gasteiger partial charge in [-0.25, -0.2) is 0 Å². The number of anilines is 2. The Labute approximate surface area is 197 Å². The number of methoxy groups -OCH3 is 1. The molecule has 8 nitrogen and oxygen atoms in total. The Hall–Kier alpha value is -3.51. The molecule has 0 aliphatic carbocycles. The van der Waals surface area contributed by atoms with Crippen LogP contribution in [0.2, 0.25) is 0 Å². The standard InChI is InChI=1S/C24H26N6O2S/c1-17(22(31)26-19-10-8-9-18(15-19)16-25)33-24-28-27-23(29-13-6-3-7-14-29)30(24)20-11-4-5-12-21(20)32-2/h4-5,8-12,15,17H,3,6-7,13-14H2,1-2H3,(H,26,31). The van der Waals surface area contributed by atoms with E-state index in [9.17, 15) is 4.79 Å². The normalized spacial score (nSPS) is 14.4. The molecule has 2 aromatic carbocycles. The first kappa shape index (κ1) is 22.7. The lowest BCUT2D eigenvalue weighted by Crippen LogP contribution is -2.32. The molecule has 33 heavy (non-hydrogen) atoms. The SMILES string of the molecule is COc1ccccc1-n1c(SC(C)C(=O)Nc2cccc(C#N)c2)nnc1N1CCCCC1. The number of carbonyl (C=O) groups is 1. The molecule has 0 spiro atoms. The maximum absolute atomic E-state index is 12.9. The number of aromatic nitrogens is 3. The van der Waals surface area contributed by atoms with Crippen LogP contribution in [0.4, 0.5) is 11.6 Å². The van der Waals surface area contributed by atoms with Gasteiger partial charge in [-0.3, -0.25) is 9.36 Å². The summed E-state index contributed by atoms with van der Waals surface area (Å²) in [5.74, 6) is 1.29. The second-order valence-corrected chi connectivity index (χ2v) is 9.09. The van der Waals surface area contributed by atoms with Crippen molar-refractivity contribution in [3.63, 3.8) is 0 Å². The molecular formula is C24H26N6O2S. The number of amides is 1. The van der Waals surface area contributed by atoms with Crippen molar-refractivity contribution >= 4 is 29.3 Å². The van der Waals surface area contributed by atoms with Crippen molar-refractivity contribution in [2.45, 2.75) is 36.6 Å². The van der Waals surface area contributed by atoms with E-state index >= 15 is 0 Å². The fourth-order valence-corrected chi connectivity index (χ4v) is 4.64. The first-order valence-electron chi connectivity index (χ1n) is 10.9. The van der Waals surface area contributed by atoms with Gasteiger partial charge in [-0.05, 0) is 56.5 Å². The van der Waals surface area contributed by atoms with Gasteiger partial charge < -0.3 is 15.0 Å². The Kier molecular flexibility index (Phi) is 7.15. The van der Waals surface area contributed by atoms with Gasteiger partial charge >= 0.3 is 0 Å². The monoisotopic (exact) mass is 462 g/mol. The van der Waals surface area contributed by atoms with Crippen molar-refractivity contribution in [1.82, 2.24) is 14.8 Å². The van der Waals surface area contributed by atoms with Crippen LogP contribution in [-0.4, -0.2) is 46.1 Å². The van der Waals surface area contributed by atoms with Crippen molar-refractivity contribution in [3.05, 3.63) is 54.1 Å². The quantitative estimate of drug-likeness (QED) is 0.524. The second-order valence-electron chi connectivity index (χ2n) is 7.78. The summed E-state index contributed by atoms with van der Waals surface area (Å²) in [6.07, 6.45) is 3.44. The molecule has 4 rings (SSSR count). The van der Waals surface area contributed by atoms with Gasteiger partial charge in [0.15, 0.2) is 5.16 Å². The van der Waals surface area contributed by atoms with Gasteiger partial charge in [0, 0.05) is 18.8 Å². The number of hydrogen-bond donors (Lipinski definition) is 1. The smallest absolute Gasteiger partial charge is 0.237 e. The number of hydrogen-bond acceptors (Lipinski definition) is 7. The van der Waals surface area contributed by atoms with Gasteiger partial charge in [-0.2, -0.15) is 5.26 Å². The van der Waals surface area contributed by atoms with Crippen LogP contribution in [-0.2, 0) is 4.79 Å². The lowest BCUT2D eigenvalue weighted by molar-refractivity contribution is -0.115. The maximum atomic E-state index is 12.9. The Morgan fingerprint density at radius 3 is 2.70 bits per heavy atom. The van der Waals surface area contributed by atoms with Crippen LogP contribution >= 0.6 is 11.8 Å². The van der Waals surface area contributed by atoms with E-state index < -0.39 is 5.25 Å². The van der Waals surface area contributed by atoms with Crippen molar-refractivity contribution in [2.24, 2.45) is 0 Å². The number of rotatable bonds is 7. The Balaban J connectivity index is 1.62. The molecule has 1 atom stereocenters. The van der Waals surface area contributed by atoms with Gasteiger partial charge in [-0.1, -0.05) is 30.0 Å². The number of nitrogens with zero attached hydrogens (tertiary/aromatic N) is 5. The Morgan fingerprint density at radius 1 is 1.15 bits per heavy atom. The largest absolute Gasteiger partial charge is 0.495 e. The highest BCUT2D eigenvalue weighted by molar-refractivity contribution is 8.00. The average molecular weight is 463 g/mol. The zero-order chi connectivity index (χ0) is 23.2. The van der Waals surface area contributed by atoms with Gasteiger partial charge in [0.1, 0.15) is 5.75 Å². The molecule has 1 aromatic heterocycles. The minimum absolute atomic E-state index is 0.177. The van der Waals surface area contributed by atoms with E-state index in [1.54, 1.807) is 31.4 Å². The zero-order valence-corrected chi connectivity index (χ0v) is 19.5. The molecular weight excluding hydrogens is 436 g/mol. The van der Waals surface area contributed by atoms with Gasteiger partial charge in [0.2, 0.25) is 11.9 Å². The van der Waals surface area contributed by atoms with Crippen LogP contribution < -0.4 is 15.0 Å². The summed E-state index contributed by atoms with van der Waals surface area (Å²) in [5.41, 5.74) is 1.92. The Bertz CT molecular complexity index is 1170. The summed E-state index contributed by atoms with van der Waals surface area (Å²) >= 11 is 1.34. The van der Waals surface area contributed by atoms with Gasteiger partial charge in [0.05, 0.1) is 29.7 Å². The van der Waals surface area contributed by atoms with Crippen LogP contribution in [0.3, 0.4) is 0 Å². The number of carbonyl (C=O) groups excluding carboxylic acids is 1. The predicted molar refractivity (Wildman–Crippen MR) is 129 cm³/mol. The molecule has 3 aromatic rings. The molecule has 1 aliphatic rings. The summed E-state index contributed by atoms with van der Waals surface area (Å²) in [6.45, 7) is 3.67. The highest BCUT2D eigenvalue weighted by Gasteiger charge is 2.26. The summed E-state index contributed by atoms with van der Waals surface area (Å²) < 4.78 is 7.59. The molecule has 1 saturated heterocycles. The molecule has 1 unspecified atom stereocenters. The molecule has 1 aliphatic heterocycles. The third-order valence-corrected chi connectivity index (χ3v) is 6.53. The van der Waals surface area contributed by atoms with Crippen LogP contribution in [0.5, 0.6) is 5.75 Å². The molecule has 0 radical (unpaired) electrons. The molecule has 0 bridgehead atoms. The van der Waals surface area contributed by atoms with E-state index in [0.29, 0.717) is 22.2 Å². The van der Waals surface area contributed by atoms with Gasteiger partial charge in [0.25, 0.3) is 0 Å². The third-order valence-electron chi connectivity index (χ3n) is 5.49. The summed E-state index contributed by atoms with van der Waals surface area (Å²) in [5, 5.41) is 21.1. The minimum Gasteiger partial charge on any atom is -0.495 e. The first-order chi connectivity index (χ1) is 16.1. The highest BCUT2D eigenvalue weighted by Crippen LogP contribution is 2.34. The van der Waals surface area contributed by atoms with Gasteiger partial charge in [-0.15, -0.1) is 10.2 Å². The lowest BCUT2D eigenvalue weighted by Gasteiger charge is -2.28. The minimum atomic E-state index is -0.442. The summed E-state index contributed by atoms with van der Waals surface area (Å²) in [7, 11) is 1.64. The third kappa shape index (κ3) is 5.12.